The number of aryl methyl sites for hydroxylation is 1. The Kier molecular flexibility index (Phi) is 5.36. The normalized spacial score (nSPS) is 10.0. The molecule has 0 radical (unpaired) electrons. The topological polar surface area (TPSA) is 58.6 Å². The van der Waals surface area contributed by atoms with Gasteiger partial charge in [-0.25, -0.2) is 0 Å². The van der Waals surface area contributed by atoms with E-state index in [0.29, 0.717) is 17.0 Å². The van der Waals surface area contributed by atoms with Crippen LogP contribution in [0.25, 0.3) is 0 Å². The summed E-state index contributed by atoms with van der Waals surface area (Å²) in [5.74, 6) is 0.306. The van der Waals surface area contributed by atoms with E-state index in [1.165, 1.54) is 4.90 Å². The van der Waals surface area contributed by atoms with E-state index in [1.54, 1.807) is 44.4 Å². The lowest BCUT2D eigenvalue weighted by atomic mass is 10.1. The number of benzene rings is 2. The maximum atomic E-state index is 12.1. The van der Waals surface area contributed by atoms with E-state index in [4.69, 9.17) is 4.74 Å². The van der Waals surface area contributed by atoms with Gasteiger partial charge >= 0.3 is 0 Å². The molecule has 0 unspecified atom stereocenters. The van der Waals surface area contributed by atoms with Crippen LogP contribution in [0.3, 0.4) is 0 Å². The van der Waals surface area contributed by atoms with Gasteiger partial charge < -0.3 is 15.0 Å². The van der Waals surface area contributed by atoms with Crippen molar-refractivity contribution >= 4 is 17.5 Å². The van der Waals surface area contributed by atoms with Crippen molar-refractivity contribution < 1.29 is 14.3 Å². The Labute approximate surface area is 135 Å². The van der Waals surface area contributed by atoms with Gasteiger partial charge in [0.2, 0.25) is 0 Å². The summed E-state index contributed by atoms with van der Waals surface area (Å²) >= 11 is 0. The Morgan fingerprint density at radius 1 is 1.09 bits per heavy atom. The molecule has 0 aromatic heterocycles. The molecular formula is C18H20N2O3. The van der Waals surface area contributed by atoms with Gasteiger partial charge in [0.1, 0.15) is 5.75 Å². The third-order valence-corrected chi connectivity index (χ3v) is 3.25. The van der Waals surface area contributed by atoms with Crippen LogP contribution in [0.4, 0.5) is 5.69 Å². The second-order valence-corrected chi connectivity index (χ2v) is 5.42. The van der Waals surface area contributed by atoms with E-state index in [0.717, 1.165) is 5.56 Å². The molecule has 5 heteroatoms. The number of carbonyl (C=O) groups excluding carboxylic acids is 2. The van der Waals surface area contributed by atoms with Gasteiger partial charge in [-0.05, 0) is 43.3 Å². The van der Waals surface area contributed by atoms with E-state index in [1.807, 2.05) is 25.1 Å². The van der Waals surface area contributed by atoms with Crippen LogP contribution in [0.2, 0.25) is 0 Å². The van der Waals surface area contributed by atoms with Crippen LogP contribution in [0, 0.1) is 6.92 Å². The molecule has 0 heterocycles. The molecule has 0 atom stereocenters. The zero-order valence-corrected chi connectivity index (χ0v) is 13.5. The minimum absolute atomic E-state index is 0.0119. The number of likely N-dealkylation sites (N-methyl/N-ethyl adjacent to an activating group) is 1. The highest BCUT2D eigenvalue weighted by atomic mass is 16.5. The molecule has 2 rings (SSSR count). The molecule has 0 bridgehead atoms. The summed E-state index contributed by atoms with van der Waals surface area (Å²) < 4.78 is 5.39. The Morgan fingerprint density at radius 3 is 2.39 bits per heavy atom. The Balaban J connectivity index is 1.94. The second kappa shape index (κ2) is 7.45. The lowest BCUT2D eigenvalue weighted by Crippen LogP contribution is -2.27. The van der Waals surface area contributed by atoms with Gasteiger partial charge in [-0.15, -0.1) is 0 Å². The Hall–Kier alpha value is -2.82. The van der Waals surface area contributed by atoms with Gasteiger partial charge in [-0.1, -0.05) is 17.7 Å². The standard InChI is InChI=1S/C18H20N2O3/c1-13-5-4-6-14(11-13)18(22)19-15-7-9-16(10-8-15)23-12-17(21)20(2)3/h4-11H,12H2,1-3H3,(H,19,22). The number of amides is 2. The lowest BCUT2D eigenvalue weighted by Gasteiger charge is -2.12. The van der Waals surface area contributed by atoms with Crippen LogP contribution in [-0.4, -0.2) is 37.4 Å². The van der Waals surface area contributed by atoms with Crippen molar-refractivity contribution in [2.45, 2.75) is 6.92 Å². The number of ether oxygens (including phenoxy) is 1. The number of anilines is 1. The first-order valence-corrected chi connectivity index (χ1v) is 7.27. The van der Waals surface area contributed by atoms with Gasteiger partial charge in [-0.2, -0.15) is 0 Å². The average Bonchev–Trinajstić information content (AvgIpc) is 2.53. The molecule has 1 N–H and O–H groups in total. The summed E-state index contributed by atoms with van der Waals surface area (Å²) in [6.07, 6.45) is 0. The molecule has 2 aromatic rings. The maximum absolute atomic E-state index is 12.1. The van der Waals surface area contributed by atoms with Crippen LogP contribution >= 0.6 is 0 Å². The molecule has 0 aliphatic rings. The minimum Gasteiger partial charge on any atom is -0.484 e. The third kappa shape index (κ3) is 4.85. The molecular weight excluding hydrogens is 292 g/mol. The molecule has 23 heavy (non-hydrogen) atoms. The number of hydrogen-bond donors (Lipinski definition) is 1. The summed E-state index contributed by atoms with van der Waals surface area (Å²) in [4.78, 5) is 25.1. The molecule has 0 spiro atoms. The molecule has 2 amide bonds. The van der Waals surface area contributed by atoms with E-state index in [-0.39, 0.29) is 18.4 Å². The fourth-order valence-corrected chi connectivity index (χ4v) is 1.90. The van der Waals surface area contributed by atoms with Crippen molar-refractivity contribution in [2.75, 3.05) is 26.0 Å². The van der Waals surface area contributed by atoms with E-state index in [2.05, 4.69) is 5.32 Å². The molecule has 0 saturated carbocycles. The molecule has 0 saturated heterocycles. The van der Waals surface area contributed by atoms with Crippen molar-refractivity contribution in [1.82, 2.24) is 4.90 Å². The second-order valence-electron chi connectivity index (χ2n) is 5.42. The summed E-state index contributed by atoms with van der Waals surface area (Å²) in [6.45, 7) is 1.93. The first kappa shape index (κ1) is 16.5. The molecule has 0 aliphatic carbocycles. The summed E-state index contributed by atoms with van der Waals surface area (Å²) in [7, 11) is 3.35. The smallest absolute Gasteiger partial charge is 0.259 e. The fraction of sp³-hybridized carbons (Fsp3) is 0.222. The van der Waals surface area contributed by atoms with Crippen LogP contribution in [0.15, 0.2) is 48.5 Å². The highest BCUT2D eigenvalue weighted by molar-refractivity contribution is 6.04. The van der Waals surface area contributed by atoms with Crippen molar-refractivity contribution in [1.29, 1.82) is 0 Å². The zero-order valence-electron chi connectivity index (χ0n) is 13.5. The van der Waals surface area contributed by atoms with Crippen molar-refractivity contribution in [3.63, 3.8) is 0 Å². The van der Waals surface area contributed by atoms with E-state index >= 15 is 0 Å². The van der Waals surface area contributed by atoms with Gasteiger partial charge in [0, 0.05) is 25.3 Å². The molecule has 2 aromatic carbocycles. The maximum Gasteiger partial charge on any atom is 0.259 e. The Morgan fingerprint density at radius 2 is 1.78 bits per heavy atom. The molecule has 0 fully saturated rings. The van der Waals surface area contributed by atoms with E-state index < -0.39 is 0 Å². The van der Waals surface area contributed by atoms with Gasteiger partial charge in [0.25, 0.3) is 11.8 Å². The highest BCUT2D eigenvalue weighted by Crippen LogP contribution is 2.17. The Bertz CT molecular complexity index is 694. The number of carbonyl (C=O) groups is 2. The van der Waals surface area contributed by atoms with Crippen LogP contribution in [0.5, 0.6) is 5.75 Å². The largest absolute Gasteiger partial charge is 0.484 e. The fourth-order valence-electron chi connectivity index (χ4n) is 1.90. The summed E-state index contributed by atoms with van der Waals surface area (Å²) in [5, 5.41) is 2.83. The monoisotopic (exact) mass is 312 g/mol. The number of nitrogens with one attached hydrogen (secondary N) is 1. The van der Waals surface area contributed by atoms with Crippen LogP contribution in [0.1, 0.15) is 15.9 Å². The average molecular weight is 312 g/mol. The minimum atomic E-state index is -0.162. The van der Waals surface area contributed by atoms with Crippen LogP contribution < -0.4 is 10.1 Å². The summed E-state index contributed by atoms with van der Waals surface area (Å²) in [5.41, 5.74) is 2.32. The van der Waals surface area contributed by atoms with Gasteiger partial charge in [0.15, 0.2) is 6.61 Å². The third-order valence-electron chi connectivity index (χ3n) is 3.25. The predicted molar refractivity (Wildman–Crippen MR) is 89.8 cm³/mol. The quantitative estimate of drug-likeness (QED) is 0.923. The lowest BCUT2D eigenvalue weighted by molar-refractivity contribution is -0.130. The number of rotatable bonds is 5. The van der Waals surface area contributed by atoms with Crippen molar-refractivity contribution in [3.05, 3.63) is 59.7 Å². The van der Waals surface area contributed by atoms with Crippen molar-refractivity contribution in [2.24, 2.45) is 0 Å². The zero-order chi connectivity index (χ0) is 16.8. The molecule has 120 valence electrons. The van der Waals surface area contributed by atoms with Crippen LogP contribution in [-0.2, 0) is 4.79 Å². The van der Waals surface area contributed by atoms with Gasteiger partial charge in [-0.3, -0.25) is 9.59 Å². The van der Waals surface area contributed by atoms with Crippen molar-refractivity contribution in [3.8, 4) is 5.75 Å². The number of nitrogens with zero attached hydrogens (tertiary/aromatic N) is 1. The predicted octanol–water partition coefficient (Wildman–Crippen LogP) is 2.71. The summed E-state index contributed by atoms with van der Waals surface area (Å²) in [6, 6.07) is 14.3. The van der Waals surface area contributed by atoms with Gasteiger partial charge in [0.05, 0.1) is 0 Å². The number of hydrogen-bond acceptors (Lipinski definition) is 3. The highest BCUT2D eigenvalue weighted by Gasteiger charge is 2.07. The first-order chi connectivity index (χ1) is 11.0. The SMILES string of the molecule is Cc1cccc(C(=O)Nc2ccc(OCC(=O)N(C)C)cc2)c1. The molecule has 0 aliphatic heterocycles. The van der Waals surface area contributed by atoms with E-state index in [9.17, 15) is 9.59 Å². The first-order valence-electron chi connectivity index (χ1n) is 7.27. The molecule has 5 nitrogen and oxygen atoms in total.